The molecule has 6 nitrogen and oxygen atoms in total. The normalized spacial score (nSPS) is 21.1. The van der Waals surface area contributed by atoms with Gasteiger partial charge < -0.3 is 10.3 Å². The molecule has 1 aromatic heterocycles. The maximum atomic E-state index is 13.2. The second kappa shape index (κ2) is 4.55. The summed E-state index contributed by atoms with van der Waals surface area (Å²) in [5.41, 5.74) is 6.37. The molecule has 0 saturated carbocycles. The van der Waals surface area contributed by atoms with Crippen molar-refractivity contribution < 1.29 is 17.3 Å². The second-order valence-corrected chi connectivity index (χ2v) is 7.02. The number of hydrogen-bond acceptors (Lipinski definition) is 6. The Hall–Kier alpha value is -1.96. The molecule has 2 N–H and O–H groups in total. The molecule has 8 heteroatoms. The summed E-state index contributed by atoms with van der Waals surface area (Å²) in [6.07, 6.45) is 0.472. The largest absolute Gasteiger partial charge is 0.398 e. The summed E-state index contributed by atoms with van der Waals surface area (Å²) in [6.45, 7) is 0. The second-order valence-electron chi connectivity index (χ2n) is 4.79. The molecule has 106 valence electrons. The Morgan fingerprint density at radius 3 is 2.90 bits per heavy atom. The zero-order valence-electron chi connectivity index (χ0n) is 10.4. The van der Waals surface area contributed by atoms with Crippen molar-refractivity contribution in [2.45, 2.75) is 12.3 Å². The topological polar surface area (TPSA) is 99.1 Å². The van der Waals surface area contributed by atoms with E-state index in [2.05, 4.69) is 10.1 Å². The third-order valence-corrected chi connectivity index (χ3v) is 5.05. The maximum Gasteiger partial charge on any atom is 0.260 e. The maximum absolute atomic E-state index is 13.2. The van der Waals surface area contributed by atoms with Crippen molar-refractivity contribution in [2.75, 3.05) is 17.2 Å². The molecule has 1 atom stereocenters. The van der Waals surface area contributed by atoms with Crippen molar-refractivity contribution in [3.8, 4) is 11.5 Å². The van der Waals surface area contributed by atoms with Crippen LogP contribution in [0.3, 0.4) is 0 Å². The molecule has 0 radical (unpaired) electrons. The van der Waals surface area contributed by atoms with Gasteiger partial charge in [0.25, 0.3) is 5.89 Å². The van der Waals surface area contributed by atoms with Crippen molar-refractivity contribution in [1.29, 1.82) is 0 Å². The first kappa shape index (κ1) is 13.0. The minimum atomic E-state index is -3.02. The van der Waals surface area contributed by atoms with Crippen LogP contribution in [0.25, 0.3) is 11.5 Å². The van der Waals surface area contributed by atoms with Gasteiger partial charge in [-0.1, -0.05) is 5.16 Å². The van der Waals surface area contributed by atoms with Crippen molar-refractivity contribution in [1.82, 2.24) is 10.1 Å². The van der Waals surface area contributed by atoms with E-state index in [0.29, 0.717) is 23.5 Å². The highest BCUT2D eigenvalue weighted by Crippen LogP contribution is 2.30. The molecule has 1 aliphatic rings. The first-order valence-electron chi connectivity index (χ1n) is 6.04. The van der Waals surface area contributed by atoms with Crippen LogP contribution in [0.1, 0.15) is 18.2 Å². The SMILES string of the molecule is Nc1ccc(F)cc1-c1nc(C2CCS(=O)(=O)C2)no1. The highest BCUT2D eigenvalue weighted by Gasteiger charge is 2.32. The molecule has 0 amide bonds. The number of hydrogen-bond donors (Lipinski definition) is 1. The molecule has 20 heavy (non-hydrogen) atoms. The van der Waals surface area contributed by atoms with Crippen LogP contribution in [0, 0.1) is 5.82 Å². The van der Waals surface area contributed by atoms with E-state index in [1.54, 1.807) is 0 Å². The molecular weight excluding hydrogens is 285 g/mol. The van der Waals surface area contributed by atoms with E-state index in [1.165, 1.54) is 18.2 Å². The zero-order valence-corrected chi connectivity index (χ0v) is 11.2. The summed E-state index contributed by atoms with van der Waals surface area (Å²) >= 11 is 0. The Kier molecular flexibility index (Phi) is 2.97. The minimum Gasteiger partial charge on any atom is -0.398 e. The fraction of sp³-hybridized carbons (Fsp3) is 0.333. The van der Waals surface area contributed by atoms with E-state index in [0.717, 1.165) is 0 Å². The van der Waals surface area contributed by atoms with Crippen molar-refractivity contribution in [2.24, 2.45) is 0 Å². The molecule has 2 aromatic rings. The third-order valence-electron chi connectivity index (χ3n) is 3.29. The fourth-order valence-electron chi connectivity index (χ4n) is 2.22. The van der Waals surface area contributed by atoms with Gasteiger partial charge >= 0.3 is 0 Å². The zero-order chi connectivity index (χ0) is 14.3. The Labute approximate surface area is 114 Å². The van der Waals surface area contributed by atoms with E-state index in [-0.39, 0.29) is 23.3 Å². The van der Waals surface area contributed by atoms with Gasteiger partial charge in [0.15, 0.2) is 15.7 Å². The van der Waals surface area contributed by atoms with Crippen LogP contribution in [0.2, 0.25) is 0 Å². The third kappa shape index (κ3) is 2.38. The van der Waals surface area contributed by atoms with E-state index >= 15 is 0 Å². The predicted octanol–water partition coefficient (Wildman–Crippen LogP) is 1.36. The fourth-order valence-corrected chi connectivity index (χ4v) is 3.96. The summed E-state index contributed by atoms with van der Waals surface area (Å²) in [6, 6.07) is 3.85. The van der Waals surface area contributed by atoms with Crippen LogP contribution >= 0.6 is 0 Å². The smallest absolute Gasteiger partial charge is 0.260 e. The lowest BCUT2D eigenvalue weighted by atomic mass is 10.1. The first-order valence-corrected chi connectivity index (χ1v) is 7.86. The van der Waals surface area contributed by atoms with Crippen LogP contribution in [0.15, 0.2) is 22.7 Å². The summed E-state index contributed by atoms with van der Waals surface area (Å²) in [5.74, 6) is -0.162. The number of nitrogen functional groups attached to an aromatic ring is 1. The summed E-state index contributed by atoms with van der Waals surface area (Å²) < 4.78 is 41.2. The Morgan fingerprint density at radius 1 is 1.40 bits per heavy atom. The highest BCUT2D eigenvalue weighted by atomic mass is 32.2. The van der Waals surface area contributed by atoms with Crippen LogP contribution < -0.4 is 5.73 Å². The molecule has 1 aromatic carbocycles. The number of rotatable bonds is 2. The van der Waals surface area contributed by atoms with Gasteiger partial charge in [-0.25, -0.2) is 12.8 Å². The summed E-state index contributed by atoms with van der Waals surface area (Å²) in [7, 11) is -3.02. The van der Waals surface area contributed by atoms with Crippen molar-refractivity contribution in [3.05, 3.63) is 29.8 Å². The molecule has 1 fully saturated rings. The molecule has 0 spiro atoms. The molecule has 3 rings (SSSR count). The minimum absolute atomic E-state index is 0.0185. The lowest BCUT2D eigenvalue weighted by molar-refractivity contribution is 0.418. The monoisotopic (exact) mass is 297 g/mol. The Morgan fingerprint density at radius 2 is 2.20 bits per heavy atom. The number of aromatic nitrogens is 2. The highest BCUT2D eigenvalue weighted by molar-refractivity contribution is 7.91. The Balaban J connectivity index is 1.93. The number of nitrogens with zero attached hydrogens (tertiary/aromatic N) is 2. The van der Waals surface area contributed by atoms with Gasteiger partial charge in [0.05, 0.1) is 17.1 Å². The van der Waals surface area contributed by atoms with E-state index in [1.807, 2.05) is 0 Å². The van der Waals surface area contributed by atoms with Gasteiger partial charge in [-0.2, -0.15) is 4.98 Å². The van der Waals surface area contributed by atoms with Crippen LogP contribution in [0.4, 0.5) is 10.1 Å². The van der Waals surface area contributed by atoms with Crippen molar-refractivity contribution >= 4 is 15.5 Å². The molecule has 1 aliphatic heterocycles. The standard InChI is InChI=1S/C12H12FN3O3S/c13-8-1-2-10(14)9(5-8)12-15-11(16-19-12)7-3-4-20(17,18)6-7/h1-2,5,7H,3-4,6,14H2. The summed E-state index contributed by atoms with van der Waals surface area (Å²) in [4.78, 5) is 4.14. The average Bonchev–Trinajstić information content (AvgIpc) is 2.98. The number of anilines is 1. The van der Waals surface area contributed by atoms with Gasteiger partial charge in [-0.3, -0.25) is 0 Å². The molecular formula is C12H12FN3O3S. The van der Waals surface area contributed by atoms with E-state index in [4.69, 9.17) is 10.3 Å². The summed E-state index contributed by atoms with van der Waals surface area (Å²) in [5, 5.41) is 3.78. The van der Waals surface area contributed by atoms with Gasteiger partial charge in [-0.15, -0.1) is 0 Å². The van der Waals surface area contributed by atoms with Gasteiger partial charge in [0, 0.05) is 11.6 Å². The molecule has 1 unspecified atom stereocenters. The predicted molar refractivity (Wildman–Crippen MR) is 70.1 cm³/mol. The average molecular weight is 297 g/mol. The quantitative estimate of drug-likeness (QED) is 0.840. The number of benzene rings is 1. The van der Waals surface area contributed by atoms with E-state index in [9.17, 15) is 12.8 Å². The molecule has 0 bridgehead atoms. The van der Waals surface area contributed by atoms with Crippen LogP contribution in [0.5, 0.6) is 0 Å². The van der Waals surface area contributed by atoms with E-state index < -0.39 is 15.7 Å². The lowest BCUT2D eigenvalue weighted by Crippen LogP contribution is -2.05. The lowest BCUT2D eigenvalue weighted by Gasteiger charge is -2.00. The molecule has 1 saturated heterocycles. The van der Waals surface area contributed by atoms with Crippen molar-refractivity contribution in [3.63, 3.8) is 0 Å². The molecule has 0 aliphatic carbocycles. The van der Waals surface area contributed by atoms with Gasteiger partial charge in [0.2, 0.25) is 0 Å². The Bertz CT molecular complexity index is 757. The van der Waals surface area contributed by atoms with Gasteiger partial charge in [-0.05, 0) is 24.6 Å². The number of nitrogens with two attached hydrogens (primary N) is 1. The van der Waals surface area contributed by atoms with Crippen LogP contribution in [-0.4, -0.2) is 30.1 Å². The molecule has 2 heterocycles. The number of sulfone groups is 1. The first-order chi connectivity index (χ1) is 9.44. The van der Waals surface area contributed by atoms with Crippen LogP contribution in [-0.2, 0) is 9.84 Å². The van der Waals surface area contributed by atoms with Gasteiger partial charge in [0.1, 0.15) is 5.82 Å². The number of halogens is 1.